The van der Waals surface area contributed by atoms with Gasteiger partial charge in [-0.25, -0.2) is 0 Å². The number of rotatable bonds is 9. The van der Waals surface area contributed by atoms with Crippen molar-refractivity contribution in [3.05, 3.63) is 60.2 Å². The van der Waals surface area contributed by atoms with Gasteiger partial charge in [-0.1, -0.05) is 44.2 Å². The smallest absolute Gasteiger partial charge is 0.120 e. The fraction of sp³-hybridized carbons (Fsp3) is 0.429. The molecule has 3 rings (SSSR count). The highest BCUT2D eigenvalue weighted by Crippen LogP contribution is 2.24. The van der Waals surface area contributed by atoms with Crippen LogP contribution in [0.4, 0.5) is 0 Å². The van der Waals surface area contributed by atoms with Gasteiger partial charge in [-0.2, -0.15) is 0 Å². The average Bonchev–Trinajstić information content (AvgIpc) is 3.43. The number of hydrogen-bond acceptors (Lipinski definition) is 3. The Morgan fingerprint density at radius 3 is 2.17 bits per heavy atom. The molecule has 0 bridgehead atoms. The van der Waals surface area contributed by atoms with Crippen molar-refractivity contribution in [3.63, 3.8) is 0 Å². The topological polar surface area (TPSA) is 30.5 Å². The SMILES string of the molecule is CC(C)(CNC1CC1)COc1ccc(OCc2ccccc2)cc1. The van der Waals surface area contributed by atoms with Gasteiger partial charge in [-0.15, -0.1) is 0 Å². The van der Waals surface area contributed by atoms with Crippen molar-refractivity contribution >= 4 is 0 Å². The Labute approximate surface area is 145 Å². The van der Waals surface area contributed by atoms with Crippen molar-refractivity contribution in [2.75, 3.05) is 13.2 Å². The lowest BCUT2D eigenvalue weighted by atomic mass is 9.95. The van der Waals surface area contributed by atoms with Crippen LogP contribution in [0, 0.1) is 5.41 Å². The lowest BCUT2D eigenvalue weighted by Gasteiger charge is -2.25. The molecule has 2 aromatic rings. The van der Waals surface area contributed by atoms with Crippen molar-refractivity contribution in [2.45, 2.75) is 39.3 Å². The molecule has 2 aromatic carbocycles. The Morgan fingerprint density at radius 1 is 0.917 bits per heavy atom. The van der Waals surface area contributed by atoms with Gasteiger partial charge in [0.15, 0.2) is 0 Å². The zero-order valence-electron chi connectivity index (χ0n) is 14.6. The van der Waals surface area contributed by atoms with Crippen molar-refractivity contribution < 1.29 is 9.47 Å². The third kappa shape index (κ3) is 5.57. The molecule has 0 spiro atoms. The highest BCUT2D eigenvalue weighted by Gasteiger charge is 2.25. The van der Waals surface area contributed by atoms with E-state index < -0.39 is 0 Å². The summed E-state index contributed by atoms with van der Waals surface area (Å²) in [6.07, 6.45) is 2.64. The summed E-state index contributed by atoms with van der Waals surface area (Å²) < 4.78 is 11.7. The summed E-state index contributed by atoms with van der Waals surface area (Å²) in [4.78, 5) is 0. The van der Waals surface area contributed by atoms with Gasteiger partial charge in [0.25, 0.3) is 0 Å². The molecular weight excluding hydrogens is 298 g/mol. The highest BCUT2D eigenvalue weighted by atomic mass is 16.5. The molecule has 0 saturated heterocycles. The molecule has 0 heterocycles. The predicted molar refractivity (Wildman–Crippen MR) is 97.5 cm³/mol. The molecule has 128 valence electrons. The largest absolute Gasteiger partial charge is 0.493 e. The van der Waals surface area contributed by atoms with E-state index >= 15 is 0 Å². The van der Waals surface area contributed by atoms with Crippen LogP contribution in [-0.2, 0) is 6.61 Å². The average molecular weight is 325 g/mol. The Balaban J connectivity index is 1.43. The van der Waals surface area contributed by atoms with Crippen LogP contribution in [-0.4, -0.2) is 19.2 Å². The fourth-order valence-corrected chi connectivity index (χ4v) is 2.41. The molecule has 1 N–H and O–H groups in total. The van der Waals surface area contributed by atoms with E-state index in [-0.39, 0.29) is 5.41 Å². The van der Waals surface area contributed by atoms with Gasteiger partial charge in [-0.3, -0.25) is 0 Å². The van der Waals surface area contributed by atoms with Crippen LogP contribution < -0.4 is 14.8 Å². The first-order chi connectivity index (χ1) is 11.6. The summed E-state index contributed by atoms with van der Waals surface area (Å²) in [5, 5.41) is 3.57. The molecule has 1 aliphatic carbocycles. The minimum absolute atomic E-state index is 0.130. The van der Waals surface area contributed by atoms with Crippen molar-refractivity contribution in [1.82, 2.24) is 5.32 Å². The van der Waals surface area contributed by atoms with E-state index in [1.165, 1.54) is 18.4 Å². The highest BCUT2D eigenvalue weighted by molar-refractivity contribution is 5.31. The quantitative estimate of drug-likeness (QED) is 0.740. The molecule has 1 aliphatic rings. The second-order valence-corrected chi connectivity index (χ2v) is 7.35. The van der Waals surface area contributed by atoms with Crippen LogP contribution >= 0.6 is 0 Å². The summed E-state index contributed by atoms with van der Waals surface area (Å²) in [5.41, 5.74) is 1.30. The van der Waals surface area contributed by atoms with Crippen LogP contribution in [0.1, 0.15) is 32.3 Å². The lowest BCUT2D eigenvalue weighted by Crippen LogP contribution is -2.35. The van der Waals surface area contributed by atoms with Gasteiger partial charge in [0.2, 0.25) is 0 Å². The molecule has 24 heavy (non-hydrogen) atoms. The zero-order chi connectivity index (χ0) is 16.8. The van der Waals surface area contributed by atoms with E-state index in [2.05, 4.69) is 31.3 Å². The van der Waals surface area contributed by atoms with Gasteiger partial charge >= 0.3 is 0 Å². The number of nitrogens with one attached hydrogen (secondary N) is 1. The maximum Gasteiger partial charge on any atom is 0.120 e. The van der Waals surface area contributed by atoms with Crippen molar-refractivity contribution in [3.8, 4) is 11.5 Å². The number of benzene rings is 2. The fourth-order valence-electron chi connectivity index (χ4n) is 2.41. The van der Waals surface area contributed by atoms with Crippen LogP contribution in [0.25, 0.3) is 0 Å². The van der Waals surface area contributed by atoms with Gasteiger partial charge < -0.3 is 14.8 Å². The van der Waals surface area contributed by atoms with Crippen molar-refractivity contribution in [2.24, 2.45) is 5.41 Å². The van der Waals surface area contributed by atoms with E-state index in [0.29, 0.717) is 13.2 Å². The predicted octanol–water partition coefficient (Wildman–Crippen LogP) is 4.42. The minimum Gasteiger partial charge on any atom is -0.493 e. The summed E-state index contributed by atoms with van der Waals surface area (Å²) in [7, 11) is 0. The first-order valence-electron chi connectivity index (χ1n) is 8.74. The van der Waals surface area contributed by atoms with E-state index in [1.807, 2.05) is 42.5 Å². The summed E-state index contributed by atoms with van der Waals surface area (Å²) in [5.74, 6) is 1.75. The number of ether oxygens (including phenoxy) is 2. The molecule has 3 heteroatoms. The molecule has 1 fully saturated rings. The second-order valence-electron chi connectivity index (χ2n) is 7.35. The first-order valence-corrected chi connectivity index (χ1v) is 8.74. The minimum atomic E-state index is 0.130. The van der Waals surface area contributed by atoms with E-state index in [9.17, 15) is 0 Å². The van der Waals surface area contributed by atoms with Crippen molar-refractivity contribution in [1.29, 1.82) is 0 Å². The first kappa shape index (κ1) is 16.8. The molecule has 0 aromatic heterocycles. The standard InChI is InChI=1S/C21H27NO2/c1-21(2,15-22-18-8-9-18)16-24-20-12-10-19(11-13-20)23-14-17-6-4-3-5-7-17/h3-7,10-13,18,22H,8-9,14-16H2,1-2H3. The van der Waals surface area contributed by atoms with Gasteiger partial charge in [-0.05, 0) is 42.7 Å². The monoisotopic (exact) mass is 325 g/mol. The Morgan fingerprint density at radius 2 is 1.54 bits per heavy atom. The Hall–Kier alpha value is -2.00. The summed E-state index contributed by atoms with van der Waals surface area (Å²) in [6.45, 7) is 6.76. The third-order valence-corrected chi connectivity index (χ3v) is 4.15. The Bertz CT molecular complexity index is 618. The maximum absolute atomic E-state index is 5.95. The van der Waals surface area contributed by atoms with Gasteiger partial charge in [0.1, 0.15) is 18.1 Å². The molecule has 0 amide bonds. The van der Waals surface area contributed by atoms with Crippen LogP contribution in [0.2, 0.25) is 0 Å². The molecule has 0 atom stereocenters. The number of hydrogen-bond donors (Lipinski definition) is 1. The lowest BCUT2D eigenvalue weighted by molar-refractivity contribution is 0.176. The summed E-state index contributed by atoms with van der Waals surface area (Å²) >= 11 is 0. The van der Waals surface area contributed by atoms with E-state index in [0.717, 1.165) is 24.1 Å². The van der Waals surface area contributed by atoms with Crippen LogP contribution in [0.5, 0.6) is 11.5 Å². The molecule has 1 saturated carbocycles. The van der Waals surface area contributed by atoms with E-state index in [1.54, 1.807) is 0 Å². The van der Waals surface area contributed by atoms with Crippen LogP contribution in [0.15, 0.2) is 54.6 Å². The third-order valence-electron chi connectivity index (χ3n) is 4.15. The van der Waals surface area contributed by atoms with Crippen LogP contribution in [0.3, 0.4) is 0 Å². The summed E-state index contributed by atoms with van der Waals surface area (Å²) in [6, 6.07) is 18.8. The molecule has 0 radical (unpaired) electrons. The van der Waals surface area contributed by atoms with Gasteiger partial charge in [0.05, 0.1) is 6.61 Å². The van der Waals surface area contributed by atoms with E-state index in [4.69, 9.17) is 9.47 Å². The van der Waals surface area contributed by atoms with Gasteiger partial charge in [0, 0.05) is 18.0 Å². The normalized spacial score (nSPS) is 14.4. The maximum atomic E-state index is 5.95. The molecule has 0 unspecified atom stereocenters. The molecule has 3 nitrogen and oxygen atoms in total. The zero-order valence-corrected chi connectivity index (χ0v) is 14.6. The molecular formula is C21H27NO2. The molecule has 0 aliphatic heterocycles. The second kappa shape index (κ2) is 7.71. The Kier molecular flexibility index (Phi) is 5.41.